The molecule has 5 nitrogen and oxygen atoms in total. The lowest BCUT2D eigenvalue weighted by atomic mass is 9.69. The SMILES string of the molecule is CC1OC2(C)CCC1C(N=O)C2=NN. The van der Waals surface area contributed by atoms with Crippen LogP contribution in [0.1, 0.15) is 26.7 Å². The smallest absolute Gasteiger partial charge is 0.140 e. The van der Waals surface area contributed by atoms with E-state index in [4.69, 9.17) is 10.6 Å². The van der Waals surface area contributed by atoms with Crippen LogP contribution in [0, 0.1) is 10.8 Å². The van der Waals surface area contributed by atoms with Gasteiger partial charge in [-0.15, -0.1) is 0 Å². The Kier molecular flexibility index (Phi) is 2.06. The Morgan fingerprint density at radius 2 is 2.36 bits per heavy atom. The van der Waals surface area contributed by atoms with E-state index in [1.54, 1.807) is 0 Å². The molecule has 2 bridgehead atoms. The lowest BCUT2D eigenvalue weighted by Gasteiger charge is -2.50. The quantitative estimate of drug-likeness (QED) is 0.387. The van der Waals surface area contributed by atoms with Gasteiger partial charge in [0.25, 0.3) is 0 Å². The second-order valence-electron chi connectivity index (χ2n) is 4.32. The standard InChI is InChI=1S/C9H15N3O2/c1-5-6-3-4-9(2,14-5)8(11-10)7(6)12-13/h5-7H,3-4,10H2,1-2H3. The molecule has 2 heterocycles. The maximum absolute atomic E-state index is 10.8. The molecule has 3 fully saturated rings. The number of hydrazone groups is 1. The summed E-state index contributed by atoms with van der Waals surface area (Å²) >= 11 is 0. The van der Waals surface area contributed by atoms with Crippen molar-refractivity contribution >= 4 is 5.71 Å². The van der Waals surface area contributed by atoms with Crippen molar-refractivity contribution in [3.8, 4) is 0 Å². The van der Waals surface area contributed by atoms with Gasteiger partial charge in [0.15, 0.2) is 0 Å². The topological polar surface area (TPSA) is 77.0 Å². The summed E-state index contributed by atoms with van der Waals surface area (Å²) < 4.78 is 5.80. The van der Waals surface area contributed by atoms with Crippen molar-refractivity contribution in [3.63, 3.8) is 0 Å². The summed E-state index contributed by atoms with van der Waals surface area (Å²) in [6, 6.07) is -0.387. The Morgan fingerprint density at radius 3 is 2.86 bits per heavy atom. The fourth-order valence-corrected chi connectivity index (χ4v) is 2.69. The average Bonchev–Trinajstić information content (AvgIpc) is 2.15. The number of hydrogen-bond donors (Lipinski definition) is 1. The molecule has 0 aromatic carbocycles. The first-order valence-electron chi connectivity index (χ1n) is 4.91. The van der Waals surface area contributed by atoms with Gasteiger partial charge in [0.1, 0.15) is 11.6 Å². The Balaban J connectivity index is 2.40. The van der Waals surface area contributed by atoms with Gasteiger partial charge in [-0.25, -0.2) is 0 Å². The van der Waals surface area contributed by atoms with Crippen LogP contribution in [0.2, 0.25) is 0 Å². The first-order valence-corrected chi connectivity index (χ1v) is 4.91. The van der Waals surface area contributed by atoms with Crippen molar-refractivity contribution in [3.05, 3.63) is 4.91 Å². The van der Waals surface area contributed by atoms with Crippen molar-refractivity contribution in [1.29, 1.82) is 0 Å². The third kappa shape index (κ3) is 1.08. The van der Waals surface area contributed by atoms with Crippen LogP contribution in [0.4, 0.5) is 0 Å². The molecule has 4 atom stereocenters. The van der Waals surface area contributed by atoms with E-state index in [9.17, 15) is 4.91 Å². The molecule has 2 saturated heterocycles. The fourth-order valence-electron chi connectivity index (χ4n) is 2.69. The number of rotatable bonds is 1. The highest BCUT2D eigenvalue weighted by molar-refractivity contribution is 5.98. The number of hydrogen-bond acceptors (Lipinski definition) is 5. The molecular weight excluding hydrogens is 182 g/mol. The summed E-state index contributed by atoms with van der Waals surface area (Å²) in [4.78, 5) is 10.8. The van der Waals surface area contributed by atoms with Crippen molar-refractivity contribution < 1.29 is 4.74 Å². The van der Waals surface area contributed by atoms with Crippen molar-refractivity contribution in [2.24, 2.45) is 22.0 Å². The Bertz CT molecular complexity index is 292. The van der Waals surface area contributed by atoms with Crippen LogP contribution in [0.5, 0.6) is 0 Å². The van der Waals surface area contributed by atoms with E-state index in [1.165, 1.54) is 0 Å². The molecular formula is C9H15N3O2. The third-order valence-corrected chi connectivity index (χ3v) is 3.48. The minimum Gasteiger partial charge on any atom is -0.366 e. The van der Waals surface area contributed by atoms with Gasteiger partial charge < -0.3 is 10.6 Å². The number of fused-ring (bicyclic) bond motifs is 3. The molecule has 14 heavy (non-hydrogen) atoms. The van der Waals surface area contributed by atoms with Crippen LogP contribution in [0.3, 0.4) is 0 Å². The largest absolute Gasteiger partial charge is 0.366 e. The first-order chi connectivity index (χ1) is 6.62. The van der Waals surface area contributed by atoms with Crippen LogP contribution < -0.4 is 5.84 Å². The second-order valence-corrected chi connectivity index (χ2v) is 4.32. The zero-order chi connectivity index (χ0) is 10.3. The van der Waals surface area contributed by atoms with E-state index in [2.05, 4.69) is 10.3 Å². The van der Waals surface area contributed by atoms with E-state index >= 15 is 0 Å². The monoisotopic (exact) mass is 197 g/mol. The predicted molar refractivity (Wildman–Crippen MR) is 52.9 cm³/mol. The minimum atomic E-state index is -0.471. The third-order valence-electron chi connectivity index (χ3n) is 3.48. The van der Waals surface area contributed by atoms with Gasteiger partial charge in [-0.1, -0.05) is 5.18 Å². The first kappa shape index (κ1) is 9.58. The van der Waals surface area contributed by atoms with Gasteiger partial charge in [-0.2, -0.15) is 10.0 Å². The van der Waals surface area contributed by atoms with Crippen molar-refractivity contribution in [1.82, 2.24) is 0 Å². The Labute approximate surface area is 82.7 Å². The molecule has 0 amide bonds. The number of nitrogens with zero attached hydrogens (tertiary/aromatic N) is 2. The highest BCUT2D eigenvalue weighted by atomic mass is 16.5. The maximum Gasteiger partial charge on any atom is 0.140 e. The van der Waals surface area contributed by atoms with Crippen LogP contribution in [-0.2, 0) is 4.74 Å². The lowest BCUT2D eigenvalue weighted by molar-refractivity contribution is -0.120. The molecule has 1 aliphatic carbocycles. The molecule has 3 aliphatic rings. The Hall–Kier alpha value is -0.970. The van der Waals surface area contributed by atoms with Gasteiger partial charge in [0.05, 0.1) is 11.8 Å². The molecule has 3 rings (SSSR count). The van der Waals surface area contributed by atoms with E-state index in [1.807, 2.05) is 13.8 Å². The van der Waals surface area contributed by atoms with E-state index in [-0.39, 0.29) is 18.1 Å². The molecule has 0 aromatic rings. The summed E-state index contributed by atoms with van der Waals surface area (Å²) in [6.07, 6.45) is 1.92. The van der Waals surface area contributed by atoms with Gasteiger partial charge in [-0.3, -0.25) is 0 Å². The molecule has 0 aromatic heterocycles. The molecule has 5 heteroatoms. The average molecular weight is 197 g/mol. The number of ether oxygens (including phenoxy) is 1. The molecule has 78 valence electrons. The highest BCUT2D eigenvalue weighted by Crippen LogP contribution is 2.43. The predicted octanol–water partition coefficient (Wildman–Crippen LogP) is 1.02. The normalized spacial score (nSPS) is 49.6. The zero-order valence-electron chi connectivity index (χ0n) is 8.43. The van der Waals surface area contributed by atoms with E-state index in [0.717, 1.165) is 12.8 Å². The van der Waals surface area contributed by atoms with Crippen LogP contribution in [-0.4, -0.2) is 23.5 Å². The van der Waals surface area contributed by atoms with Gasteiger partial charge in [0, 0.05) is 5.92 Å². The zero-order valence-corrected chi connectivity index (χ0v) is 8.43. The molecule has 2 N–H and O–H groups in total. The Morgan fingerprint density at radius 1 is 1.64 bits per heavy atom. The summed E-state index contributed by atoms with van der Waals surface area (Å²) in [5.74, 6) is 5.45. The molecule has 2 aliphatic heterocycles. The molecule has 4 unspecified atom stereocenters. The van der Waals surface area contributed by atoms with E-state index in [0.29, 0.717) is 5.71 Å². The highest BCUT2D eigenvalue weighted by Gasteiger charge is 2.53. The van der Waals surface area contributed by atoms with Crippen molar-refractivity contribution in [2.75, 3.05) is 0 Å². The fraction of sp³-hybridized carbons (Fsp3) is 0.889. The molecule has 0 radical (unpaired) electrons. The summed E-state index contributed by atoms with van der Waals surface area (Å²) in [7, 11) is 0. The summed E-state index contributed by atoms with van der Waals surface area (Å²) in [5, 5.41) is 6.82. The van der Waals surface area contributed by atoms with Gasteiger partial charge in [0.2, 0.25) is 0 Å². The number of nitrogens with two attached hydrogens (primary N) is 1. The summed E-state index contributed by atoms with van der Waals surface area (Å²) in [6.45, 7) is 3.91. The van der Waals surface area contributed by atoms with E-state index < -0.39 is 5.60 Å². The summed E-state index contributed by atoms with van der Waals surface area (Å²) in [5.41, 5.74) is 0.142. The van der Waals surface area contributed by atoms with Crippen LogP contribution in [0.25, 0.3) is 0 Å². The van der Waals surface area contributed by atoms with Crippen LogP contribution >= 0.6 is 0 Å². The molecule has 1 saturated carbocycles. The van der Waals surface area contributed by atoms with Crippen molar-refractivity contribution in [2.45, 2.75) is 44.4 Å². The minimum absolute atomic E-state index is 0.0713. The van der Waals surface area contributed by atoms with Gasteiger partial charge >= 0.3 is 0 Å². The van der Waals surface area contributed by atoms with Crippen LogP contribution in [0.15, 0.2) is 10.3 Å². The maximum atomic E-state index is 10.8. The molecule has 0 spiro atoms. The second kappa shape index (κ2) is 3.02. The van der Waals surface area contributed by atoms with Gasteiger partial charge in [-0.05, 0) is 26.7 Å². The number of nitroso groups, excluding NO2 is 1. The lowest BCUT2D eigenvalue weighted by Crippen LogP contribution is -2.61.